The molecule has 0 aliphatic heterocycles. The van der Waals surface area contributed by atoms with E-state index in [1.807, 2.05) is 36.6 Å². The van der Waals surface area contributed by atoms with Crippen LogP contribution in [-0.4, -0.2) is 23.8 Å². The number of fused-ring (bicyclic) bond motifs is 1. The largest absolute Gasteiger partial charge is 0.302 e. The fraction of sp³-hybridized carbons (Fsp3) is 0.462. The van der Waals surface area contributed by atoms with E-state index < -0.39 is 10.0 Å². The van der Waals surface area contributed by atoms with Gasteiger partial charge in [0.15, 0.2) is 5.03 Å². The van der Waals surface area contributed by atoms with Crippen LogP contribution in [0.25, 0.3) is 5.52 Å². The normalized spacial score (nSPS) is 16.4. The molecule has 1 N–H and O–H groups in total. The lowest BCUT2D eigenvalue weighted by Gasteiger charge is -2.02. The number of imidazole rings is 1. The minimum Gasteiger partial charge on any atom is -0.302 e. The monoisotopic (exact) mass is 279 g/mol. The molecule has 3 rings (SSSR count). The second-order valence-electron chi connectivity index (χ2n) is 5.28. The summed E-state index contributed by atoms with van der Waals surface area (Å²) in [4.78, 5) is 4.35. The number of sulfonamides is 1. The molecular weight excluding hydrogens is 262 g/mol. The molecule has 102 valence electrons. The zero-order chi connectivity index (χ0) is 13.6. The number of hydrogen-bond donors (Lipinski definition) is 1. The molecule has 6 heteroatoms. The molecule has 0 amide bonds. The van der Waals surface area contributed by atoms with Gasteiger partial charge in [-0.15, -0.1) is 0 Å². The highest BCUT2D eigenvalue weighted by atomic mass is 32.2. The summed E-state index contributed by atoms with van der Waals surface area (Å²) in [6.07, 6.45) is 3.69. The molecule has 0 radical (unpaired) electrons. The van der Waals surface area contributed by atoms with Gasteiger partial charge in [0.05, 0.1) is 5.52 Å². The molecule has 0 saturated heterocycles. The van der Waals surface area contributed by atoms with Crippen molar-refractivity contribution in [2.75, 3.05) is 0 Å². The second-order valence-corrected chi connectivity index (χ2v) is 6.91. The first-order valence-electron chi connectivity index (χ1n) is 6.48. The first-order chi connectivity index (χ1) is 8.99. The summed E-state index contributed by atoms with van der Waals surface area (Å²) in [5.41, 5.74) is 0.638. The van der Waals surface area contributed by atoms with Gasteiger partial charge in [-0.1, -0.05) is 19.9 Å². The molecule has 2 heterocycles. The number of hydrogen-bond acceptors (Lipinski definition) is 3. The zero-order valence-corrected chi connectivity index (χ0v) is 11.8. The molecule has 0 spiro atoms. The molecule has 1 saturated carbocycles. The number of pyridine rings is 1. The lowest BCUT2D eigenvalue weighted by atomic mass is 10.2. The summed E-state index contributed by atoms with van der Waals surface area (Å²) < 4.78 is 29.2. The van der Waals surface area contributed by atoms with E-state index >= 15 is 0 Å². The molecule has 0 atom stereocenters. The Morgan fingerprint density at radius 2 is 2.11 bits per heavy atom. The van der Waals surface area contributed by atoms with E-state index in [2.05, 4.69) is 9.71 Å². The van der Waals surface area contributed by atoms with Crippen molar-refractivity contribution in [2.45, 2.75) is 43.7 Å². The van der Waals surface area contributed by atoms with Gasteiger partial charge in [0.25, 0.3) is 10.0 Å². The van der Waals surface area contributed by atoms with Crippen molar-refractivity contribution in [1.29, 1.82) is 0 Å². The molecule has 19 heavy (non-hydrogen) atoms. The van der Waals surface area contributed by atoms with Crippen LogP contribution in [0.2, 0.25) is 0 Å². The predicted molar refractivity (Wildman–Crippen MR) is 72.6 cm³/mol. The minimum absolute atomic E-state index is 0.0907. The van der Waals surface area contributed by atoms with Crippen LogP contribution < -0.4 is 4.72 Å². The molecule has 0 aromatic carbocycles. The lowest BCUT2D eigenvalue weighted by molar-refractivity contribution is 0.578. The van der Waals surface area contributed by atoms with Gasteiger partial charge in [-0.2, -0.15) is 0 Å². The maximum Gasteiger partial charge on any atom is 0.260 e. The summed E-state index contributed by atoms with van der Waals surface area (Å²) in [5.74, 6) is 0.937. The lowest BCUT2D eigenvalue weighted by Crippen LogP contribution is -2.26. The average molecular weight is 279 g/mol. The number of aromatic nitrogens is 2. The summed E-state index contributed by atoms with van der Waals surface area (Å²) in [6.45, 7) is 4.01. The van der Waals surface area contributed by atoms with Crippen LogP contribution in [0.15, 0.2) is 29.4 Å². The molecule has 1 aliphatic rings. The van der Waals surface area contributed by atoms with Crippen LogP contribution in [0.1, 0.15) is 38.4 Å². The number of nitrogens with one attached hydrogen (secondary N) is 1. The molecule has 5 nitrogen and oxygen atoms in total. The van der Waals surface area contributed by atoms with E-state index in [0.29, 0.717) is 5.52 Å². The summed E-state index contributed by atoms with van der Waals surface area (Å²) in [6, 6.07) is 5.59. The highest BCUT2D eigenvalue weighted by Gasteiger charge is 2.31. The Bertz CT molecular complexity index is 715. The van der Waals surface area contributed by atoms with Gasteiger partial charge >= 0.3 is 0 Å². The maximum absolute atomic E-state index is 12.3. The van der Waals surface area contributed by atoms with Crippen LogP contribution in [0.4, 0.5) is 0 Å². The maximum atomic E-state index is 12.3. The molecule has 2 aromatic heterocycles. The van der Waals surface area contributed by atoms with E-state index in [4.69, 9.17) is 0 Å². The van der Waals surface area contributed by atoms with Gasteiger partial charge in [0.2, 0.25) is 0 Å². The zero-order valence-electron chi connectivity index (χ0n) is 11.0. The van der Waals surface area contributed by atoms with E-state index in [9.17, 15) is 8.42 Å². The fourth-order valence-electron chi connectivity index (χ4n) is 2.11. The highest BCUT2D eigenvalue weighted by molar-refractivity contribution is 7.89. The predicted octanol–water partition coefficient (Wildman–Crippen LogP) is 1.90. The standard InChI is InChI=1S/C13H17N3O2S/c1-9(2)12-14-13(11-5-3-4-8-16(11)12)19(17,18)15-10-6-7-10/h3-5,8-10,15H,6-7H2,1-2H3. The van der Waals surface area contributed by atoms with Crippen molar-refractivity contribution in [3.8, 4) is 0 Å². The van der Waals surface area contributed by atoms with Gasteiger partial charge in [-0.05, 0) is 25.0 Å². The van der Waals surface area contributed by atoms with Gasteiger partial charge in [-0.3, -0.25) is 0 Å². The third kappa shape index (κ3) is 2.26. The van der Waals surface area contributed by atoms with Crippen molar-refractivity contribution in [1.82, 2.24) is 14.1 Å². The van der Waals surface area contributed by atoms with Crippen LogP contribution in [0, 0.1) is 0 Å². The van der Waals surface area contributed by atoms with E-state index in [1.165, 1.54) is 0 Å². The first kappa shape index (κ1) is 12.6. The van der Waals surface area contributed by atoms with E-state index in [0.717, 1.165) is 18.7 Å². The smallest absolute Gasteiger partial charge is 0.260 e. The SMILES string of the molecule is CC(C)c1nc(S(=O)(=O)NC2CC2)c2ccccn12. The molecule has 1 aliphatic carbocycles. The third-order valence-corrected chi connectivity index (χ3v) is 4.67. The summed E-state index contributed by atoms with van der Waals surface area (Å²) in [5, 5.41) is 0.142. The van der Waals surface area contributed by atoms with Crippen LogP contribution in [0.5, 0.6) is 0 Å². The second kappa shape index (κ2) is 4.31. The van der Waals surface area contributed by atoms with Gasteiger partial charge < -0.3 is 4.40 Å². The summed E-state index contributed by atoms with van der Waals surface area (Å²) >= 11 is 0. The van der Waals surface area contributed by atoms with Gasteiger partial charge in [0.1, 0.15) is 5.82 Å². The fourth-order valence-corrected chi connectivity index (χ4v) is 3.56. The van der Waals surface area contributed by atoms with Crippen molar-refractivity contribution in [3.05, 3.63) is 30.2 Å². The molecular formula is C13H17N3O2S. The van der Waals surface area contributed by atoms with Crippen molar-refractivity contribution >= 4 is 15.5 Å². The molecule has 1 fully saturated rings. The molecule has 0 bridgehead atoms. The quantitative estimate of drug-likeness (QED) is 0.929. The Morgan fingerprint density at radius 1 is 1.37 bits per heavy atom. The molecule has 0 unspecified atom stereocenters. The first-order valence-corrected chi connectivity index (χ1v) is 7.96. The van der Waals surface area contributed by atoms with Crippen LogP contribution in [0.3, 0.4) is 0 Å². The Morgan fingerprint density at radius 3 is 2.74 bits per heavy atom. The van der Waals surface area contributed by atoms with Crippen molar-refractivity contribution < 1.29 is 8.42 Å². The third-order valence-electron chi connectivity index (χ3n) is 3.21. The Balaban J connectivity index is 2.18. The van der Waals surface area contributed by atoms with Gasteiger partial charge in [-0.25, -0.2) is 18.1 Å². The minimum atomic E-state index is -3.52. The van der Waals surface area contributed by atoms with Crippen molar-refractivity contribution in [3.63, 3.8) is 0 Å². The number of nitrogens with zero attached hydrogens (tertiary/aromatic N) is 2. The van der Waals surface area contributed by atoms with E-state index in [1.54, 1.807) is 6.07 Å². The highest BCUT2D eigenvalue weighted by Crippen LogP contribution is 2.26. The van der Waals surface area contributed by atoms with Crippen molar-refractivity contribution in [2.24, 2.45) is 0 Å². The van der Waals surface area contributed by atoms with Gasteiger partial charge in [0, 0.05) is 18.2 Å². The Labute approximate surface area is 112 Å². The Kier molecular flexibility index (Phi) is 2.87. The topological polar surface area (TPSA) is 63.5 Å². The average Bonchev–Trinajstić information content (AvgIpc) is 3.05. The molecule has 2 aromatic rings. The van der Waals surface area contributed by atoms with Crippen LogP contribution in [-0.2, 0) is 10.0 Å². The number of rotatable bonds is 4. The van der Waals surface area contributed by atoms with Crippen LogP contribution >= 0.6 is 0 Å². The Hall–Kier alpha value is -1.40. The summed E-state index contributed by atoms with van der Waals surface area (Å²) in [7, 11) is -3.52. The van der Waals surface area contributed by atoms with E-state index in [-0.39, 0.29) is 17.0 Å².